The van der Waals surface area contributed by atoms with Gasteiger partial charge in [0, 0.05) is 6.54 Å². The fourth-order valence-electron chi connectivity index (χ4n) is 2.68. The summed E-state index contributed by atoms with van der Waals surface area (Å²) in [5.74, 6) is 1.29. The van der Waals surface area contributed by atoms with E-state index in [0.717, 1.165) is 36.0 Å². The topological polar surface area (TPSA) is 38.0 Å². The van der Waals surface area contributed by atoms with Crippen molar-refractivity contribution >= 4 is 15.9 Å². The zero-order valence-corrected chi connectivity index (χ0v) is 12.4. The third-order valence-corrected chi connectivity index (χ3v) is 4.39. The van der Waals surface area contributed by atoms with E-state index < -0.39 is 5.60 Å². The monoisotopic (exact) mass is 300 g/mol. The number of hydrogen-bond donors (Lipinski definition) is 1. The highest BCUT2D eigenvalue weighted by Crippen LogP contribution is 2.50. The van der Waals surface area contributed by atoms with Crippen LogP contribution in [0.15, 0.2) is 10.7 Å². The molecule has 4 heteroatoms. The molecule has 1 aromatic rings. The summed E-state index contributed by atoms with van der Waals surface area (Å²) in [5.41, 5.74) is 0.302. The average molecular weight is 301 g/mol. The van der Waals surface area contributed by atoms with E-state index in [2.05, 4.69) is 41.8 Å². The summed E-state index contributed by atoms with van der Waals surface area (Å²) in [6.07, 6.45) is 4.55. The van der Waals surface area contributed by atoms with Crippen molar-refractivity contribution in [3.63, 3.8) is 0 Å². The van der Waals surface area contributed by atoms with Gasteiger partial charge in [-0.15, -0.1) is 0 Å². The van der Waals surface area contributed by atoms with E-state index in [1.807, 2.05) is 4.68 Å². The van der Waals surface area contributed by atoms with Crippen LogP contribution >= 0.6 is 15.9 Å². The molecular weight excluding hydrogens is 280 g/mol. The molecule has 1 aliphatic rings. The SMILES string of the molecule is CCCn1ncc(Br)c1C1(O)CC(C(C)C)C1. The van der Waals surface area contributed by atoms with Crippen molar-refractivity contribution in [1.29, 1.82) is 0 Å². The van der Waals surface area contributed by atoms with Gasteiger partial charge in [0.2, 0.25) is 0 Å². The van der Waals surface area contributed by atoms with E-state index in [-0.39, 0.29) is 0 Å². The molecule has 0 amide bonds. The number of aliphatic hydroxyl groups is 1. The number of aromatic nitrogens is 2. The van der Waals surface area contributed by atoms with E-state index in [1.54, 1.807) is 6.20 Å². The summed E-state index contributed by atoms with van der Waals surface area (Å²) >= 11 is 3.51. The van der Waals surface area contributed by atoms with Crippen molar-refractivity contribution in [3.8, 4) is 0 Å². The van der Waals surface area contributed by atoms with E-state index in [9.17, 15) is 5.11 Å². The van der Waals surface area contributed by atoms with Crippen molar-refractivity contribution < 1.29 is 5.11 Å². The highest BCUT2D eigenvalue weighted by Gasteiger charge is 2.48. The van der Waals surface area contributed by atoms with Crippen LogP contribution in [0.25, 0.3) is 0 Å². The van der Waals surface area contributed by atoms with Gasteiger partial charge >= 0.3 is 0 Å². The highest BCUT2D eigenvalue weighted by molar-refractivity contribution is 9.10. The number of rotatable bonds is 4. The van der Waals surface area contributed by atoms with Crippen LogP contribution in [0.3, 0.4) is 0 Å². The van der Waals surface area contributed by atoms with Crippen molar-refractivity contribution in [2.75, 3.05) is 0 Å². The quantitative estimate of drug-likeness (QED) is 0.926. The summed E-state index contributed by atoms with van der Waals surface area (Å²) in [4.78, 5) is 0. The predicted molar refractivity (Wildman–Crippen MR) is 71.7 cm³/mol. The molecule has 1 heterocycles. The normalized spacial score (nSPS) is 28.5. The second-order valence-corrected chi connectivity index (χ2v) is 6.36. The van der Waals surface area contributed by atoms with Crippen LogP contribution in [-0.2, 0) is 12.1 Å². The summed E-state index contributed by atoms with van der Waals surface area (Å²) in [7, 11) is 0. The average Bonchev–Trinajstić information content (AvgIpc) is 2.56. The van der Waals surface area contributed by atoms with Gasteiger partial charge in [-0.3, -0.25) is 4.68 Å². The van der Waals surface area contributed by atoms with Crippen LogP contribution < -0.4 is 0 Å². The smallest absolute Gasteiger partial charge is 0.108 e. The van der Waals surface area contributed by atoms with Gasteiger partial charge < -0.3 is 5.11 Å². The Balaban J connectivity index is 2.20. The Morgan fingerprint density at radius 1 is 1.59 bits per heavy atom. The minimum absolute atomic E-state index is 0.636. The summed E-state index contributed by atoms with van der Waals surface area (Å²) < 4.78 is 2.89. The molecule has 0 spiro atoms. The van der Waals surface area contributed by atoms with Crippen LogP contribution in [-0.4, -0.2) is 14.9 Å². The van der Waals surface area contributed by atoms with Crippen molar-refractivity contribution in [1.82, 2.24) is 9.78 Å². The number of nitrogens with zero attached hydrogens (tertiary/aromatic N) is 2. The Morgan fingerprint density at radius 2 is 2.24 bits per heavy atom. The van der Waals surface area contributed by atoms with Crippen molar-refractivity contribution in [2.24, 2.45) is 11.8 Å². The first-order valence-electron chi connectivity index (χ1n) is 6.42. The molecule has 96 valence electrons. The molecule has 17 heavy (non-hydrogen) atoms. The van der Waals surface area contributed by atoms with Gasteiger partial charge in [-0.2, -0.15) is 5.10 Å². The van der Waals surface area contributed by atoms with Crippen LogP contribution in [0.4, 0.5) is 0 Å². The molecule has 0 saturated heterocycles. The maximum Gasteiger partial charge on any atom is 0.108 e. The zero-order chi connectivity index (χ0) is 12.6. The lowest BCUT2D eigenvalue weighted by Crippen LogP contribution is -2.45. The maximum absolute atomic E-state index is 10.7. The number of aryl methyl sites for hydroxylation is 1. The van der Waals surface area contributed by atoms with Gasteiger partial charge in [0.25, 0.3) is 0 Å². The van der Waals surface area contributed by atoms with E-state index >= 15 is 0 Å². The van der Waals surface area contributed by atoms with Gasteiger partial charge in [-0.25, -0.2) is 0 Å². The predicted octanol–water partition coefficient (Wildman–Crippen LogP) is 3.31. The molecule has 1 fully saturated rings. The first-order chi connectivity index (χ1) is 7.98. The van der Waals surface area contributed by atoms with E-state index in [4.69, 9.17) is 0 Å². The molecule has 1 N–H and O–H groups in total. The Morgan fingerprint density at radius 3 is 2.76 bits per heavy atom. The molecule has 1 saturated carbocycles. The summed E-state index contributed by atoms with van der Waals surface area (Å²) in [5, 5.41) is 15.0. The largest absolute Gasteiger partial charge is 0.384 e. The minimum Gasteiger partial charge on any atom is -0.384 e. The standard InChI is InChI=1S/C13H21BrN2O/c1-4-5-16-12(11(14)8-15-16)13(17)6-10(7-13)9(2)3/h8-10,17H,4-7H2,1-3H3. The van der Waals surface area contributed by atoms with Crippen molar-refractivity contribution in [3.05, 3.63) is 16.4 Å². The van der Waals surface area contributed by atoms with E-state index in [0.29, 0.717) is 11.8 Å². The summed E-state index contributed by atoms with van der Waals surface area (Å²) in [6.45, 7) is 7.45. The van der Waals surface area contributed by atoms with Crippen molar-refractivity contribution in [2.45, 2.75) is 52.2 Å². The fraction of sp³-hybridized carbons (Fsp3) is 0.769. The molecule has 0 aliphatic heterocycles. The molecule has 0 unspecified atom stereocenters. The molecule has 1 aliphatic carbocycles. The lowest BCUT2D eigenvalue weighted by Gasteiger charge is -2.46. The Bertz CT molecular complexity index is 394. The summed E-state index contributed by atoms with van der Waals surface area (Å²) in [6, 6.07) is 0. The van der Waals surface area contributed by atoms with Crippen LogP contribution in [0, 0.1) is 11.8 Å². The third kappa shape index (κ3) is 2.29. The number of hydrogen-bond acceptors (Lipinski definition) is 2. The highest BCUT2D eigenvalue weighted by atomic mass is 79.9. The third-order valence-electron chi connectivity index (χ3n) is 3.81. The lowest BCUT2D eigenvalue weighted by atomic mass is 9.65. The molecule has 0 atom stereocenters. The Kier molecular flexibility index (Phi) is 3.64. The molecule has 0 aromatic carbocycles. The van der Waals surface area contributed by atoms with Gasteiger partial charge in [0.1, 0.15) is 5.60 Å². The molecular formula is C13H21BrN2O. The molecule has 0 radical (unpaired) electrons. The van der Waals surface area contributed by atoms with Crippen LogP contribution in [0.1, 0.15) is 45.7 Å². The maximum atomic E-state index is 10.7. The second kappa shape index (κ2) is 4.73. The van der Waals surface area contributed by atoms with Crippen LogP contribution in [0.2, 0.25) is 0 Å². The lowest BCUT2D eigenvalue weighted by molar-refractivity contribution is -0.0999. The zero-order valence-electron chi connectivity index (χ0n) is 10.8. The second-order valence-electron chi connectivity index (χ2n) is 5.51. The minimum atomic E-state index is -0.667. The van der Waals surface area contributed by atoms with Gasteiger partial charge in [0.05, 0.1) is 16.4 Å². The molecule has 0 bridgehead atoms. The molecule has 3 nitrogen and oxygen atoms in total. The molecule has 2 rings (SSSR count). The van der Waals surface area contributed by atoms with Crippen LogP contribution in [0.5, 0.6) is 0 Å². The first kappa shape index (κ1) is 13.1. The number of halogens is 1. The van der Waals surface area contributed by atoms with Gasteiger partial charge in [0.15, 0.2) is 0 Å². The van der Waals surface area contributed by atoms with Gasteiger partial charge in [-0.05, 0) is 47.0 Å². The van der Waals surface area contributed by atoms with Gasteiger partial charge in [-0.1, -0.05) is 20.8 Å². The Hall–Kier alpha value is -0.350. The fourth-order valence-corrected chi connectivity index (χ4v) is 3.34. The molecule has 1 aromatic heterocycles. The van der Waals surface area contributed by atoms with E-state index in [1.165, 1.54) is 0 Å². The Labute approximate surface area is 111 Å². The first-order valence-corrected chi connectivity index (χ1v) is 7.21.